The molecule has 1 aromatic carbocycles. The number of hydrogen-bond acceptors (Lipinski definition) is 5. The minimum atomic E-state index is -2.66. The maximum atomic E-state index is 13.2. The molecule has 0 aromatic heterocycles. The fourth-order valence-corrected chi connectivity index (χ4v) is 3.92. The zero-order valence-corrected chi connectivity index (χ0v) is 18.5. The van der Waals surface area contributed by atoms with Crippen molar-refractivity contribution in [2.45, 2.75) is 69.8 Å². The lowest BCUT2D eigenvalue weighted by Crippen LogP contribution is -2.47. The van der Waals surface area contributed by atoms with Gasteiger partial charge in [-0.2, -0.15) is 0 Å². The first-order chi connectivity index (χ1) is 15.7. The third kappa shape index (κ3) is 7.80. The molecule has 2 heterocycles. The van der Waals surface area contributed by atoms with Gasteiger partial charge in [0.1, 0.15) is 6.04 Å². The van der Waals surface area contributed by atoms with E-state index in [1.165, 1.54) is 4.90 Å². The van der Waals surface area contributed by atoms with Crippen molar-refractivity contribution in [2.24, 2.45) is 0 Å². The zero-order valence-electron chi connectivity index (χ0n) is 18.5. The molecule has 2 aliphatic rings. The Bertz CT molecular complexity index is 883. The molecule has 10 heteroatoms. The Morgan fingerprint density at radius 1 is 1.06 bits per heavy atom. The van der Waals surface area contributed by atoms with E-state index in [0.717, 1.165) is 0 Å². The first-order valence-corrected chi connectivity index (χ1v) is 11.4. The van der Waals surface area contributed by atoms with Gasteiger partial charge in [-0.05, 0) is 37.5 Å². The maximum absolute atomic E-state index is 13.2. The monoisotopic (exact) mass is 464 g/mol. The third-order valence-corrected chi connectivity index (χ3v) is 5.87. The van der Waals surface area contributed by atoms with Crippen molar-refractivity contribution in [1.29, 1.82) is 0 Å². The van der Waals surface area contributed by atoms with Crippen LogP contribution in [-0.2, 0) is 19.2 Å². The van der Waals surface area contributed by atoms with Crippen LogP contribution in [0.25, 0.3) is 0 Å². The van der Waals surface area contributed by atoms with Crippen LogP contribution >= 0.6 is 0 Å². The number of benzene rings is 1. The van der Waals surface area contributed by atoms with Gasteiger partial charge >= 0.3 is 0 Å². The van der Waals surface area contributed by atoms with Gasteiger partial charge in [0, 0.05) is 56.6 Å². The number of nitrogens with one attached hydrogen (secondary N) is 3. The molecular formula is C23H30F2N4O4. The van der Waals surface area contributed by atoms with Crippen LogP contribution in [0.2, 0.25) is 0 Å². The third-order valence-electron chi connectivity index (χ3n) is 5.87. The Hall–Kier alpha value is -3.04. The molecule has 4 amide bonds. The second kappa shape index (κ2) is 11.2. The highest BCUT2D eigenvalue weighted by Crippen LogP contribution is 2.28. The van der Waals surface area contributed by atoms with Crippen molar-refractivity contribution in [2.75, 3.05) is 23.7 Å². The van der Waals surface area contributed by atoms with Gasteiger partial charge in [-0.25, -0.2) is 8.78 Å². The largest absolute Gasteiger partial charge is 0.374 e. The molecule has 2 fully saturated rings. The predicted octanol–water partition coefficient (Wildman–Crippen LogP) is 3.05. The number of nitrogens with zero attached hydrogens (tertiary/aromatic N) is 1. The van der Waals surface area contributed by atoms with E-state index in [-0.39, 0.29) is 56.0 Å². The molecule has 33 heavy (non-hydrogen) atoms. The number of hydrogen-bond donors (Lipinski definition) is 3. The van der Waals surface area contributed by atoms with Crippen LogP contribution in [0.3, 0.4) is 0 Å². The fourth-order valence-electron chi connectivity index (χ4n) is 3.92. The minimum Gasteiger partial charge on any atom is -0.374 e. The molecule has 0 radical (unpaired) electrons. The highest BCUT2D eigenvalue weighted by Gasteiger charge is 2.35. The number of alkyl halides is 2. The Morgan fingerprint density at radius 2 is 1.76 bits per heavy atom. The average molecular weight is 465 g/mol. The van der Waals surface area contributed by atoms with Crippen LogP contribution in [-0.4, -0.2) is 53.6 Å². The average Bonchev–Trinajstić information content (AvgIpc) is 2.75. The van der Waals surface area contributed by atoms with Gasteiger partial charge in [0.2, 0.25) is 23.6 Å². The Labute approximate surface area is 191 Å². The van der Waals surface area contributed by atoms with Gasteiger partial charge in [-0.1, -0.05) is 12.5 Å². The number of amides is 4. The van der Waals surface area contributed by atoms with Crippen molar-refractivity contribution < 1.29 is 28.0 Å². The summed E-state index contributed by atoms with van der Waals surface area (Å²) in [5.74, 6) is -3.56. The van der Waals surface area contributed by atoms with Crippen molar-refractivity contribution in [3.05, 3.63) is 24.3 Å². The van der Waals surface area contributed by atoms with Crippen LogP contribution in [0.4, 0.5) is 20.2 Å². The fraction of sp³-hybridized carbons (Fsp3) is 0.565. The van der Waals surface area contributed by atoms with Crippen LogP contribution in [0.15, 0.2) is 24.3 Å². The predicted molar refractivity (Wildman–Crippen MR) is 119 cm³/mol. The van der Waals surface area contributed by atoms with Crippen molar-refractivity contribution in [3.8, 4) is 0 Å². The van der Waals surface area contributed by atoms with E-state index in [9.17, 15) is 28.0 Å². The smallest absolute Gasteiger partial charge is 0.251 e. The number of carbonyl (C=O) groups excluding carboxylic acids is 4. The summed E-state index contributed by atoms with van der Waals surface area (Å²) in [7, 11) is 0. The van der Waals surface area contributed by atoms with Gasteiger partial charge in [0.25, 0.3) is 5.92 Å². The standard InChI is InChI=1S/C23H30F2N4O4/c24-23(25)11-13-29(14-12-23)21(32)8-3-1-2-7-19(30)27-17-6-4-5-16(15-17)26-18-9-10-20(31)28-22(18)33/h4-6,15,18,26H,1-3,7-14H2,(H,27,30)(H,28,31,33). The molecular weight excluding hydrogens is 434 g/mol. The van der Waals surface area contributed by atoms with Gasteiger partial charge in [0.15, 0.2) is 0 Å². The number of likely N-dealkylation sites (tertiary alicyclic amines) is 1. The molecule has 3 rings (SSSR count). The lowest BCUT2D eigenvalue weighted by molar-refractivity contribution is -0.137. The number of piperidine rings is 2. The quantitative estimate of drug-likeness (QED) is 0.385. The number of unbranched alkanes of at least 4 members (excludes halogenated alkanes) is 2. The highest BCUT2D eigenvalue weighted by atomic mass is 19.3. The summed E-state index contributed by atoms with van der Waals surface area (Å²) < 4.78 is 26.4. The molecule has 1 unspecified atom stereocenters. The Balaban J connectivity index is 1.33. The molecule has 180 valence electrons. The van der Waals surface area contributed by atoms with Crippen molar-refractivity contribution in [1.82, 2.24) is 10.2 Å². The van der Waals surface area contributed by atoms with E-state index in [0.29, 0.717) is 49.9 Å². The number of carbonyl (C=O) groups is 4. The van der Waals surface area contributed by atoms with Gasteiger partial charge in [-0.15, -0.1) is 0 Å². The second-order valence-corrected chi connectivity index (χ2v) is 8.57. The van der Waals surface area contributed by atoms with Crippen LogP contribution in [0.1, 0.15) is 57.8 Å². The van der Waals surface area contributed by atoms with Crippen molar-refractivity contribution in [3.63, 3.8) is 0 Å². The topological polar surface area (TPSA) is 108 Å². The SMILES string of the molecule is O=C1CCC(Nc2cccc(NC(=O)CCCCCC(=O)N3CCC(F)(F)CC3)c2)C(=O)N1. The minimum absolute atomic E-state index is 0.102. The van der Waals surface area contributed by atoms with Gasteiger partial charge < -0.3 is 15.5 Å². The lowest BCUT2D eigenvalue weighted by Gasteiger charge is -2.31. The summed E-state index contributed by atoms with van der Waals surface area (Å²) in [5, 5.41) is 8.19. The molecule has 0 spiro atoms. The molecule has 3 N–H and O–H groups in total. The number of rotatable bonds is 9. The zero-order chi connectivity index (χ0) is 23.8. The van der Waals surface area contributed by atoms with E-state index >= 15 is 0 Å². The Kier molecular flexibility index (Phi) is 8.35. The summed E-state index contributed by atoms with van der Waals surface area (Å²) in [4.78, 5) is 49.0. The molecule has 1 aromatic rings. The molecule has 2 saturated heterocycles. The highest BCUT2D eigenvalue weighted by molar-refractivity contribution is 6.01. The summed E-state index contributed by atoms with van der Waals surface area (Å²) in [6.45, 7) is 0.206. The molecule has 2 aliphatic heterocycles. The van der Waals surface area contributed by atoms with Gasteiger partial charge in [-0.3, -0.25) is 24.5 Å². The van der Waals surface area contributed by atoms with Crippen molar-refractivity contribution >= 4 is 35.0 Å². The lowest BCUT2D eigenvalue weighted by atomic mass is 10.1. The first-order valence-electron chi connectivity index (χ1n) is 11.4. The van der Waals surface area contributed by atoms with Crippen LogP contribution in [0.5, 0.6) is 0 Å². The van der Waals surface area contributed by atoms with Crippen LogP contribution < -0.4 is 16.0 Å². The summed E-state index contributed by atoms with van der Waals surface area (Å²) >= 11 is 0. The molecule has 0 saturated carbocycles. The summed E-state index contributed by atoms with van der Waals surface area (Å²) in [5.41, 5.74) is 1.26. The molecule has 0 aliphatic carbocycles. The second-order valence-electron chi connectivity index (χ2n) is 8.57. The molecule has 1 atom stereocenters. The van der Waals surface area contributed by atoms with Gasteiger partial charge in [0.05, 0.1) is 0 Å². The van der Waals surface area contributed by atoms with Crippen LogP contribution in [0, 0.1) is 0 Å². The number of imide groups is 1. The van der Waals surface area contributed by atoms with E-state index in [1.54, 1.807) is 24.3 Å². The molecule has 0 bridgehead atoms. The summed E-state index contributed by atoms with van der Waals surface area (Å²) in [6.07, 6.45) is 2.67. The van der Waals surface area contributed by atoms with E-state index in [4.69, 9.17) is 0 Å². The maximum Gasteiger partial charge on any atom is 0.251 e. The van der Waals surface area contributed by atoms with E-state index in [1.807, 2.05) is 0 Å². The van der Waals surface area contributed by atoms with E-state index < -0.39 is 12.0 Å². The number of halogens is 2. The number of anilines is 2. The summed E-state index contributed by atoms with van der Waals surface area (Å²) in [6, 6.07) is 6.50. The normalized spacial score (nSPS) is 20.2. The van der Waals surface area contributed by atoms with E-state index in [2.05, 4.69) is 16.0 Å². The molecule has 8 nitrogen and oxygen atoms in total. The first kappa shape index (κ1) is 24.6. The Morgan fingerprint density at radius 3 is 2.48 bits per heavy atom.